The Labute approximate surface area is 66.4 Å². The maximum absolute atomic E-state index is 5.45. The van der Waals surface area contributed by atoms with E-state index in [4.69, 9.17) is 9.47 Å². The lowest BCUT2D eigenvalue weighted by molar-refractivity contribution is 0.0844. The third kappa shape index (κ3) is 1.66. The zero-order valence-corrected chi connectivity index (χ0v) is 6.38. The van der Waals surface area contributed by atoms with Gasteiger partial charge in [0, 0.05) is 19.2 Å². The number of ether oxygens (including phenoxy) is 2. The van der Waals surface area contributed by atoms with Crippen molar-refractivity contribution in [3.63, 3.8) is 0 Å². The summed E-state index contributed by atoms with van der Waals surface area (Å²) in [4.78, 5) is 0. The maximum Gasteiger partial charge on any atom is 0.241 e. The van der Waals surface area contributed by atoms with Crippen LogP contribution in [0.25, 0.3) is 0 Å². The van der Waals surface area contributed by atoms with Crippen LogP contribution in [0.15, 0.2) is 12.5 Å². The highest BCUT2D eigenvalue weighted by Crippen LogP contribution is 2.21. The summed E-state index contributed by atoms with van der Waals surface area (Å²) in [6.45, 7) is 0.908. The maximum atomic E-state index is 5.45. The van der Waals surface area contributed by atoms with Gasteiger partial charge in [0.1, 0.15) is 6.26 Å². The molecule has 1 atom stereocenters. The van der Waals surface area contributed by atoms with Crippen molar-refractivity contribution in [2.75, 3.05) is 6.61 Å². The van der Waals surface area contributed by atoms with Gasteiger partial charge in [-0.15, -0.1) is 0 Å². The minimum atomic E-state index is 0.373. The number of nitrogens with one attached hydrogen (secondary N) is 1. The van der Waals surface area contributed by atoms with Gasteiger partial charge in [-0.25, -0.2) is 0 Å². The molecule has 1 radical (unpaired) electrons. The first-order chi connectivity index (χ1) is 5.45. The molecule has 2 rings (SSSR count). The van der Waals surface area contributed by atoms with Gasteiger partial charge in [0.05, 0.1) is 6.10 Å². The largest absolute Gasteiger partial charge is 0.468 e. The molecular weight excluding hydrogens is 142 g/mol. The van der Waals surface area contributed by atoms with E-state index in [1.165, 1.54) is 6.42 Å². The molecule has 0 aliphatic carbocycles. The van der Waals surface area contributed by atoms with E-state index in [1.54, 1.807) is 12.5 Å². The first-order valence-corrected chi connectivity index (χ1v) is 4.01. The first-order valence-electron chi connectivity index (χ1n) is 4.01. The van der Waals surface area contributed by atoms with Crippen LogP contribution < -0.4 is 5.32 Å². The molecule has 1 N–H and O–H groups in total. The quantitative estimate of drug-likeness (QED) is 0.647. The molecule has 3 nitrogen and oxygen atoms in total. The van der Waals surface area contributed by atoms with Gasteiger partial charge in [0.25, 0.3) is 0 Å². The lowest BCUT2D eigenvalue weighted by atomic mass is 10.2. The van der Waals surface area contributed by atoms with Gasteiger partial charge < -0.3 is 14.8 Å². The van der Waals surface area contributed by atoms with E-state index in [1.807, 2.05) is 0 Å². The third-order valence-electron chi connectivity index (χ3n) is 1.96. The van der Waals surface area contributed by atoms with E-state index in [-0.39, 0.29) is 0 Å². The minimum absolute atomic E-state index is 0.373. The summed E-state index contributed by atoms with van der Waals surface area (Å²) < 4.78 is 10.6. The normalized spacial score (nSPS) is 30.4. The zero-order valence-electron chi connectivity index (χ0n) is 6.38. The molecule has 11 heavy (non-hydrogen) atoms. The SMILES string of the molecule is C1=CO[C](CC2CCCO2)N1. The monoisotopic (exact) mass is 154 g/mol. The van der Waals surface area contributed by atoms with Crippen molar-refractivity contribution in [3.8, 4) is 0 Å². The summed E-state index contributed by atoms with van der Waals surface area (Å²) in [5, 5.41) is 3.02. The van der Waals surface area contributed by atoms with Gasteiger partial charge in [-0.05, 0) is 12.8 Å². The fraction of sp³-hybridized carbons (Fsp3) is 0.625. The van der Waals surface area contributed by atoms with Gasteiger partial charge in [-0.2, -0.15) is 0 Å². The molecule has 0 aromatic heterocycles. The minimum Gasteiger partial charge on any atom is -0.468 e. The summed E-state index contributed by atoms with van der Waals surface area (Å²) in [6, 6.07) is 0. The van der Waals surface area contributed by atoms with E-state index in [0.29, 0.717) is 6.10 Å². The Morgan fingerprint density at radius 2 is 2.64 bits per heavy atom. The van der Waals surface area contributed by atoms with E-state index in [0.717, 1.165) is 25.7 Å². The van der Waals surface area contributed by atoms with Gasteiger partial charge in [0.2, 0.25) is 6.23 Å². The van der Waals surface area contributed by atoms with Crippen LogP contribution >= 0.6 is 0 Å². The Balaban J connectivity index is 1.72. The first kappa shape index (κ1) is 6.98. The summed E-state index contributed by atoms with van der Waals surface area (Å²) in [5.41, 5.74) is 0. The molecule has 0 spiro atoms. The van der Waals surface area contributed by atoms with Gasteiger partial charge in [0.15, 0.2) is 0 Å². The number of rotatable bonds is 2. The standard InChI is InChI=1S/C8H12NO2/c1-2-7(10-4-1)6-8-9-3-5-11-8/h3,5,7,9H,1-2,4,6H2. The molecule has 1 fully saturated rings. The smallest absolute Gasteiger partial charge is 0.241 e. The Bertz CT molecular complexity index is 144. The molecule has 2 aliphatic rings. The van der Waals surface area contributed by atoms with Crippen molar-refractivity contribution >= 4 is 0 Å². The van der Waals surface area contributed by atoms with Crippen LogP contribution in [0.2, 0.25) is 0 Å². The van der Waals surface area contributed by atoms with Crippen LogP contribution in [-0.2, 0) is 9.47 Å². The molecule has 0 amide bonds. The molecule has 3 heteroatoms. The molecule has 2 heterocycles. The van der Waals surface area contributed by atoms with Gasteiger partial charge >= 0.3 is 0 Å². The average molecular weight is 154 g/mol. The van der Waals surface area contributed by atoms with Crippen molar-refractivity contribution in [2.24, 2.45) is 0 Å². The Morgan fingerprint density at radius 1 is 1.64 bits per heavy atom. The highest BCUT2D eigenvalue weighted by atomic mass is 16.5. The summed E-state index contributed by atoms with van der Waals surface area (Å²) >= 11 is 0. The van der Waals surface area contributed by atoms with E-state index >= 15 is 0 Å². The van der Waals surface area contributed by atoms with E-state index in [9.17, 15) is 0 Å². The highest BCUT2D eigenvalue weighted by Gasteiger charge is 2.23. The van der Waals surface area contributed by atoms with Crippen molar-refractivity contribution < 1.29 is 9.47 Å². The van der Waals surface area contributed by atoms with Crippen LogP contribution in [0.4, 0.5) is 0 Å². The number of hydrogen-bond acceptors (Lipinski definition) is 3. The Morgan fingerprint density at radius 3 is 3.27 bits per heavy atom. The summed E-state index contributed by atoms with van der Waals surface area (Å²) in [5.74, 6) is 0. The average Bonchev–Trinajstić information content (AvgIpc) is 2.60. The summed E-state index contributed by atoms with van der Waals surface area (Å²) in [7, 11) is 0. The van der Waals surface area contributed by atoms with Crippen LogP contribution in [0.1, 0.15) is 19.3 Å². The predicted octanol–water partition coefficient (Wildman–Crippen LogP) is 1.14. The molecule has 61 valence electrons. The lowest BCUT2D eigenvalue weighted by Crippen LogP contribution is -2.18. The van der Waals surface area contributed by atoms with E-state index in [2.05, 4.69) is 5.32 Å². The fourth-order valence-electron chi connectivity index (χ4n) is 1.40. The molecule has 0 aromatic rings. The molecule has 1 saturated heterocycles. The van der Waals surface area contributed by atoms with Crippen LogP contribution in [0.3, 0.4) is 0 Å². The topological polar surface area (TPSA) is 30.5 Å². The highest BCUT2D eigenvalue weighted by molar-refractivity contribution is 4.95. The third-order valence-corrected chi connectivity index (χ3v) is 1.96. The molecular formula is C8H12NO2. The van der Waals surface area contributed by atoms with Gasteiger partial charge in [-0.1, -0.05) is 0 Å². The van der Waals surface area contributed by atoms with Crippen molar-refractivity contribution in [1.29, 1.82) is 0 Å². The molecule has 0 bridgehead atoms. The number of hydrogen-bond donors (Lipinski definition) is 1. The van der Waals surface area contributed by atoms with Crippen LogP contribution in [0.5, 0.6) is 0 Å². The Kier molecular flexibility index (Phi) is 1.99. The predicted molar refractivity (Wildman–Crippen MR) is 40.2 cm³/mol. The molecule has 0 aromatic carbocycles. The summed E-state index contributed by atoms with van der Waals surface area (Å²) in [6.07, 6.45) is 7.97. The molecule has 2 aliphatic heterocycles. The Hall–Kier alpha value is -0.700. The van der Waals surface area contributed by atoms with Crippen LogP contribution in [0, 0.1) is 6.23 Å². The van der Waals surface area contributed by atoms with Gasteiger partial charge in [-0.3, -0.25) is 0 Å². The van der Waals surface area contributed by atoms with E-state index < -0.39 is 0 Å². The van der Waals surface area contributed by atoms with Crippen molar-refractivity contribution in [3.05, 3.63) is 18.7 Å². The van der Waals surface area contributed by atoms with Crippen molar-refractivity contribution in [2.45, 2.75) is 25.4 Å². The second-order valence-corrected chi connectivity index (χ2v) is 2.83. The fourth-order valence-corrected chi connectivity index (χ4v) is 1.40. The molecule has 0 saturated carbocycles. The second-order valence-electron chi connectivity index (χ2n) is 2.83. The second kappa shape index (κ2) is 3.13. The van der Waals surface area contributed by atoms with Crippen LogP contribution in [-0.4, -0.2) is 12.7 Å². The zero-order chi connectivity index (χ0) is 7.52. The lowest BCUT2D eigenvalue weighted by Gasteiger charge is -2.13. The van der Waals surface area contributed by atoms with Crippen molar-refractivity contribution in [1.82, 2.24) is 5.32 Å². The molecule has 1 unspecified atom stereocenters.